The number of anilines is 1. The van der Waals surface area contributed by atoms with Crippen molar-refractivity contribution in [2.24, 2.45) is 0 Å². The average Bonchev–Trinajstić information content (AvgIpc) is 2.31. The van der Waals surface area contributed by atoms with E-state index in [1.54, 1.807) is 13.8 Å². The van der Waals surface area contributed by atoms with E-state index in [0.717, 1.165) is 19.3 Å². The Morgan fingerprint density at radius 2 is 2.06 bits per heavy atom. The number of hydrogen-bond donors (Lipinski definition) is 2. The highest BCUT2D eigenvalue weighted by molar-refractivity contribution is 5.94. The molecule has 1 rings (SSSR count). The van der Waals surface area contributed by atoms with Crippen LogP contribution in [-0.2, 0) is 0 Å². The van der Waals surface area contributed by atoms with Gasteiger partial charge in [0.25, 0.3) is 0 Å². The molecule has 0 saturated heterocycles. The van der Waals surface area contributed by atoms with Crippen LogP contribution in [0.1, 0.15) is 54.7 Å². The van der Waals surface area contributed by atoms with Gasteiger partial charge in [-0.05, 0) is 32.8 Å². The third-order valence-corrected chi connectivity index (χ3v) is 3.04. The fourth-order valence-corrected chi connectivity index (χ4v) is 1.79. The number of aryl methyl sites for hydroxylation is 1. The minimum absolute atomic E-state index is 0.194. The third-order valence-electron chi connectivity index (χ3n) is 3.04. The second kappa shape index (κ2) is 6.33. The second-order valence-corrected chi connectivity index (χ2v) is 4.63. The Labute approximate surface area is 108 Å². The predicted octanol–water partition coefficient (Wildman–Crippen LogP) is 2.78. The second-order valence-electron chi connectivity index (χ2n) is 4.63. The van der Waals surface area contributed by atoms with Crippen LogP contribution in [0.3, 0.4) is 0 Å². The van der Waals surface area contributed by atoms with E-state index in [1.807, 2.05) is 6.92 Å². The number of nitrogens with one attached hydrogen (secondary N) is 1. The van der Waals surface area contributed by atoms with Crippen LogP contribution in [-0.4, -0.2) is 27.3 Å². The standard InChI is InChI=1S/C13H21N3O2/c1-5-6-7-8(2)14-12-11(13(17)18)9(3)10(4)15-16-12/h8H,5-7H2,1-4H3,(H,14,16)(H,17,18). The molecule has 0 bridgehead atoms. The van der Waals surface area contributed by atoms with Crippen LogP contribution in [0, 0.1) is 13.8 Å². The zero-order chi connectivity index (χ0) is 13.7. The van der Waals surface area contributed by atoms with Crippen LogP contribution in [0.15, 0.2) is 0 Å². The molecule has 0 amide bonds. The van der Waals surface area contributed by atoms with Crippen molar-refractivity contribution in [3.8, 4) is 0 Å². The highest BCUT2D eigenvalue weighted by Gasteiger charge is 2.18. The van der Waals surface area contributed by atoms with Crippen LogP contribution in [0.2, 0.25) is 0 Å². The van der Waals surface area contributed by atoms with Gasteiger partial charge < -0.3 is 10.4 Å². The summed E-state index contributed by atoms with van der Waals surface area (Å²) in [6, 6.07) is 0.194. The molecule has 1 heterocycles. The first-order valence-corrected chi connectivity index (χ1v) is 6.31. The summed E-state index contributed by atoms with van der Waals surface area (Å²) < 4.78 is 0. The molecule has 5 heteroatoms. The fourth-order valence-electron chi connectivity index (χ4n) is 1.79. The van der Waals surface area contributed by atoms with Gasteiger partial charge in [-0.2, -0.15) is 5.10 Å². The zero-order valence-electron chi connectivity index (χ0n) is 11.4. The van der Waals surface area contributed by atoms with Gasteiger partial charge in [-0.1, -0.05) is 19.8 Å². The van der Waals surface area contributed by atoms with Gasteiger partial charge in [0, 0.05) is 6.04 Å². The SMILES string of the molecule is CCCCC(C)Nc1nnc(C)c(C)c1C(=O)O. The van der Waals surface area contributed by atoms with Crippen molar-refractivity contribution in [3.63, 3.8) is 0 Å². The summed E-state index contributed by atoms with van der Waals surface area (Å²) in [5.41, 5.74) is 1.55. The normalized spacial score (nSPS) is 12.2. The lowest BCUT2D eigenvalue weighted by atomic mass is 10.1. The molecular formula is C13H21N3O2. The molecule has 1 atom stereocenters. The average molecular weight is 251 g/mol. The molecule has 18 heavy (non-hydrogen) atoms. The highest BCUT2D eigenvalue weighted by atomic mass is 16.4. The molecule has 1 aromatic rings. The van der Waals surface area contributed by atoms with Crippen molar-refractivity contribution in [1.29, 1.82) is 0 Å². The molecule has 100 valence electrons. The topological polar surface area (TPSA) is 75.1 Å². The molecule has 0 saturated carbocycles. The molecule has 0 radical (unpaired) electrons. The summed E-state index contributed by atoms with van der Waals surface area (Å²) in [4.78, 5) is 11.3. The zero-order valence-corrected chi connectivity index (χ0v) is 11.4. The smallest absolute Gasteiger partial charge is 0.339 e. The molecule has 0 spiro atoms. The van der Waals surface area contributed by atoms with Gasteiger partial charge in [-0.25, -0.2) is 4.79 Å². The lowest BCUT2D eigenvalue weighted by molar-refractivity contribution is 0.0696. The minimum Gasteiger partial charge on any atom is -0.478 e. The van der Waals surface area contributed by atoms with E-state index < -0.39 is 5.97 Å². The van der Waals surface area contributed by atoms with Gasteiger partial charge in [-0.15, -0.1) is 5.10 Å². The number of rotatable bonds is 6. The van der Waals surface area contributed by atoms with Crippen LogP contribution < -0.4 is 5.32 Å². The van der Waals surface area contributed by atoms with Crippen molar-refractivity contribution in [1.82, 2.24) is 10.2 Å². The largest absolute Gasteiger partial charge is 0.478 e. The van der Waals surface area contributed by atoms with Gasteiger partial charge >= 0.3 is 5.97 Å². The van der Waals surface area contributed by atoms with E-state index >= 15 is 0 Å². The van der Waals surface area contributed by atoms with Gasteiger partial charge in [-0.3, -0.25) is 0 Å². The highest BCUT2D eigenvalue weighted by Crippen LogP contribution is 2.19. The molecular weight excluding hydrogens is 230 g/mol. The summed E-state index contributed by atoms with van der Waals surface area (Å²) in [6.45, 7) is 7.68. The van der Waals surface area contributed by atoms with Gasteiger partial charge in [0.2, 0.25) is 0 Å². The van der Waals surface area contributed by atoms with E-state index in [1.165, 1.54) is 0 Å². The predicted molar refractivity (Wildman–Crippen MR) is 71.1 cm³/mol. The number of nitrogens with zero attached hydrogens (tertiary/aromatic N) is 2. The molecule has 0 fully saturated rings. The number of hydrogen-bond acceptors (Lipinski definition) is 4. The van der Waals surface area contributed by atoms with Crippen molar-refractivity contribution in [2.45, 2.75) is 53.0 Å². The summed E-state index contributed by atoms with van der Waals surface area (Å²) in [5, 5.41) is 20.3. The Morgan fingerprint density at radius 3 is 2.61 bits per heavy atom. The minimum atomic E-state index is -0.962. The number of carboxylic acid groups (broad SMARTS) is 1. The number of aromatic carboxylic acids is 1. The summed E-state index contributed by atoms with van der Waals surface area (Å²) >= 11 is 0. The molecule has 1 unspecified atom stereocenters. The third kappa shape index (κ3) is 3.42. The van der Waals surface area contributed by atoms with Crippen LogP contribution >= 0.6 is 0 Å². The summed E-state index contributed by atoms with van der Waals surface area (Å²) in [7, 11) is 0. The monoisotopic (exact) mass is 251 g/mol. The maximum Gasteiger partial charge on any atom is 0.339 e. The van der Waals surface area contributed by atoms with E-state index in [-0.39, 0.29) is 11.6 Å². The maximum atomic E-state index is 11.3. The Kier molecular flexibility index (Phi) is 5.07. The molecule has 5 nitrogen and oxygen atoms in total. The molecule has 0 aliphatic carbocycles. The molecule has 0 aliphatic heterocycles. The van der Waals surface area contributed by atoms with E-state index in [2.05, 4.69) is 22.4 Å². The van der Waals surface area contributed by atoms with Crippen LogP contribution in [0.4, 0.5) is 5.82 Å². The van der Waals surface area contributed by atoms with Crippen molar-refractivity contribution in [3.05, 3.63) is 16.8 Å². The number of aromatic nitrogens is 2. The first kappa shape index (κ1) is 14.4. The van der Waals surface area contributed by atoms with Crippen LogP contribution in [0.25, 0.3) is 0 Å². The first-order chi connectivity index (χ1) is 8.47. The Bertz CT molecular complexity index is 432. The molecule has 0 aliphatic rings. The maximum absolute atomic E-state index is 11.3. The Morgan fingerprint density at radius 1 is 1.39 bits per heavy atom. The fraction of sp³-hybridized carbons (Fsp3) is 0.615. The van der Waals surface area contributed by atoms with E-state index in [9.17, 15) is 9.90 Å². The van der Waals surface area contributed by atoms with Crippen LogP contribution in [0.5, 0.6) is 0 Å². The van der Waals surface area contributed by atoms with Gasteiger partial charge in [0.05, 0.1) is 5.69 Å². The van der Waals surface area contributed by atoms with Gasteiger partial charge in [0.15, 0.2) is 5.82 Å². The molecule has 1 aromatic heterocycles. The van der Waals surface area contributed by atoms with E-state index in [0.29, 0.717) is 17.1 Å². The first-order valence-electron chi connectivity index (χ1n) is 6.31. The molecule has 0 aromatic carbocycles. The van der Waals surface area contributed by atoms with Crippen molar-refractivity contribution < 1.29 is 9.90 Å². The van der Waals surface area contributed by atoms with Gasteiger partial charge in [0.1, 0.15) is 5.56 Å². The summed E-state index contributed by atoms with van der Waals surface area (Å²) in [6.07, 6.45) is 3.22. The van der Waals surface area contributed by atoms with E-state index in [4.69, 9.17) is 0 Å². The lowest BCUT2D eigenvalue weighted by Crippen LogP contribution is -2.20. The molecule has 2 N–H and O–H groups in total. The lowest BCUT2D eigenvalue weighted by Gasteiger charge is -2.16. The number of unbranched alkanes of at least 4 members (excludes halogenated alkanes) is 1. The van der Waals surface area contributed by atoms with Crippen molar-refractivity contribution in [2.75, 3.05) is 5.32 Å². The summed E-state index contributed by atoms with van der Waals surface area (Å²) in [5.74, 6) is -0.593. The Hall–Kier alpha value is -1.65. The Balaban J connectivity index is 2.95. The quantitative estimate of drug-likeness (QED) is 0.813. The number of carbonyl (C=O) groups is 1. The van der Waals surface area contributed by atoms with Crippen molar-refractivity contribution >= 4 is 11.8 Å². The number of carboxylic acids is 1.